The minimum atomic E-state index is -0.737. The standard InChI is InChI=1S/C18H26O3/c1-12-4-7-15(8-5-12)16-11-14(6-9-17(16)21-3)10-13(2)18(19)20/h6,9,11-13,15H,4-5,7-8,10H2,1-3H3,(H,19,20). The van der Waals surface area contributed by atoms with Crippen LogP contribution in [0.4, 0.5) is 0 Å². The SMILES string of the molecule is COc1ccc(CC(C)C(=O)O)cc1C1CCC(C)CC1. The molecule has 3 nitrogen and oxygen atoms in total. The van der Waals surface area contributed by atoms with Crippen molar-refractivity contribution in [2.24, 2.45) is 11.8 Å². The van der Waals surface area contributed by atoms with Crippen molar-refractivity contribution in [1.82, 2.24) is 0 Å². The summed E-state index contributed by atoms with van der Waals surface area (Å²) < 4.78 is 5.52. The molecule has 0 aliphatic heterocycles. The van der Waals surface area contributed by atoms with E-state index in [4.69, 9.17) is 9.84 Å². The lowest BCUT2D eigenvalue weighted by molar-refractivity contribution is -0.141. The second kappa shape index (κ2) is 6.97. The molecule has 1 aromatic rings. The first-order valence-corrected chi connectivity index (χ1v) is 7.90. The summed E-state index contributed by atoms with van der Waals surface area (Å²) in [6.45, 7) is 4.08. The molecule has 0 radical (unpaired) electrons. The number of hydrogen-bond donors (Lipinski definition) is 1. The fourth-order valence-corrected chi connectivity index (χ4v) is 3.24. The smallest absolute Gasteiger partial charge is 0.306 e. The summed E-state index contributed by atoms with van der Waals surface area (Å²) in [5.74, 6) is 1.23. The number of methoxy groups -OCH3 is 1. The molecule has 21 heavy (non-hydrogen) atoms. The van der Waals surface area contributed by atoms with Crippen LogP contribution in [0.3, 0.4) is 0 Å². The van der Waals surface area contributed by atoms with Gasteiger partial charge in [0.15, 0.2) is 0 Å². The summed E-state index contributed by atoms with van der Waals surface area (Å²) in [6, 6.07) is 6.16. The van der Waals surface area contributed by atoms with E-state index in [9.17, 15) is 4.79 Å². The molecule has 1 saturated carbocycles. The van der Waals surface area contributed by atoms with E-state index >= 15 is 0 Å². The van der Waals surface area contributed by atoms with E-state index < -0.39 is 5.97 Å². The molecule has 1 aromatic carbocycles. The first-order valence-electron chi connectivity index (χ1n) is 7.90. The molecule has 1 unspecified atom stereocenters. The third-order valence-corrected chi connectivity index (χ3v) is 4.71. The second-order valence-corrected chi connectivity index (χ2v) is 6.48. The zero-order valence-electron chi connectivity index (χ0n) is 13.3. The Balaban J connectivity index is 2.19. The van der Waals surface area contributed by atoms with Crippen molar-refractivity contribution in [3.63, 3.8) is 0 Å². The Morgan fingerprint density at radius 2 is 2.00 bits per heavy atom. The molecule has 3 heteroatoms. The fourth-order valence-electron chi connectivity index (χ4n) is 3.24. The summed E-state index contributed by atoms with van der Waals surface area (Å²) in [7, 11) is 1.71. The number of carboxylic acids is 1. The van der Waals surface area contributed by atoms with Crippen LogP contribution in [-0.4, -0.2) is 18.2 Å². The molecule has 1 aliphatic rings. The molecule has 1 atom stereocenters. The van der Waals surface area contributed by atoms with E-state index in [1.165, 1.54) is 31.2 Å². The van der Waals surface area contributed by atoms with Gasteiger partial charge in [0.1, 0.15) is 5.75 Å². The molecular formula is C18H26O3. The highest BCUT2D eigenvalue weighted by molar-refractivity contribution is 5.69. The normalized spacial score (nSPS) is 23.6. The van der Waals surface area contributed by atoms with Crippen molar-refractivity contribution in [1.29, 1.82) is 0 Å². The van der Waals surface area contributed by atoms with Crippen LogP contribution < -0.4 is 4.74 Å². The lowest BCUT2D eigenvalue weighted by Gasteiger charge is -2.28. The van der Waals surface area contributed by atoms with Gasteiger partial charge >= 0.3 is 5.97 Å². The van der Waals surface area contributed by atoms with Gasteiger partial charge in [0.2, 0.25) is 0 Å². The molecule has 1 fully saturated rings. The highest BCUT2D eigenvalue weighted by Gasteiger charge is 2.23. The molecular weight excluding hydrogens is 264 g/mol. The van der Waals surface area contributed by atoms with Gasteiger partial charge in [0.05, 0.1) is 13.0 Å². The van der Waals surface area contributed by atoms with E-state index in [0.717, 1.165) is 17.2 Å². The van der Waals surface area contributed by atoms with Crippen LogP contribution in [0.15, 0.2) is 18.2 Å². The maximum atomic E-state index is 11.0. The highest BCUT2D eigenvalue weighted by atomic mass is 16.5. The molecule has 0 spiro atoms. The van der Waals surface area contributed by atoms with Crippen LogP contribution >= 0.6 is 0 Å². The van der Waals surface area contributed by atoms with Crippen LogP contribution in [0.1, 0.15) is 56.6 Å². The van der Waals surface area contributed by atoms with Gasteiger partial charge in [-0.25, -0.2) is 0 Å². The predicted molar refractivity (Wildman–Crippen MR) is 83.9 cm³/mol. The van der Waals surface area contributed by atoms with Crippen LogP contribution in [-0.2, 0) is 11.2 Å². The molecule has 2 rings (SSSR count). The first-order chi connectivity index (χ1) is 10.0. The summed E-state index contributed by atoms with van der Waals surface area (Å²) in [6.07, 6.45) is 5.52. The van der Waals surface area contributed by atoms with Crippen molar-refractivity contribution in [3.8, 4) is 5.75 Å². The number of carboxylic acid groups (broad SMARTS) is 1. The molecule has 1 N–H and O–H groups in total. The maximum Gasteiger partial charge on any atom is 0.306 e. The lowest BCUT2D eigenvalue weighted by atomic mass is 9.78. The second-order valence-electron chi connectivity index (χ2n) is 6.48. The van der Waals surface area contributed by atoms with E-state index in [0.29, 0.717) is 12.3 Å². The van der Waals surface area contributed by atoms with Gasteiger partial charge in [0.25, 0.3) is 0 Å². The van der Waals surface area contributed by atoms with Crippen molar-refractivity contribution >= 4 is 5.97 Å². The molecule has 0 heterocycles. The highest BCUT2D eigenvalue weighted by Crippen LogP contribution is 2.39. The third-order valence-electron chi connectivity index (χ3n) is 4.71. The topological polar surface area (TPSA) is 46.5 Å². The van der Waals surface area contributed by atoms with Gasteiger partial charge in [-0.15, -0.1) is 0 Å². The maximum absolute atomic E-state index is 11.0. The summed E-state index contributed by atoms with van der Waals surface area (Å²) >= 11 is 0. The average Bonchev–Trinajstić information content (AvgIpc) is 2.48. The molecule has 0 amide bonds. The van der Waals surface area contributed by atoms with Crippen LogP contribution in [0, 0.1) is 11.8 Å². The van der Waals surface area contributed by atoms with E-state index in [1.54, 1.807) is 14.0 Å². The third kappa shape index (κ3) is 3.99. The van der Waals surface area contributed by atoms with Gasteiger partial charge in [0, 0.05) is 0 Å². The first kappa shape index (κ1) is 15.9. The summed E-state index contributed by atoms with van der Waals surface area (Å²) in [4.78, 5) is 11.0. The molecule has 0 saturated heterocycles. The Bertz CT molecular complexity index is 487. The van der Waals surface area contributed by atoms with Crippen molar-refractivity contribution in [3.05, 3.63) is 29.3 Å². The number of ether oxygens (including phenoxy) is 1. The van der Waals surface area contributed by atoms with Gasteiger partial charge in [-0.3, -0.25) is 4.79 Å². The van der Waals surface area contributed by atoms with E-state index in [1.807, 2.05) is 12.1 Å². The van der Waals surface area contributed by atoms with Crippen molar-refractivity contribution in [2.75, 3.05) is 7.11 Å². The average molecular weight is 290 g/mol. The number of carbonyl (C=O) groups is 1. The number of aliphatic carboxylic acids is 1. The largest absolute Gasteiger partial charge is 0.496 e. The molecule has 1 aliphatic carbocycles. The zero-order valence-corrected chi connectivity index (χ0v) is 13.3. The molecule has 116 valence electrons. The van der Waals surface area contributed by atoms with E-state index in [-0.39, 0.29) is 5.92 Å². The number of rotatable bonds is 5. The van der Waals surface area contributed by atoms with Crippen molar-refractivity contribution in [2.45, 2.75) is 51.9 Å². The summed E-state index contributed by atoms with van der Waals surface area (Å²) in [5, 5.41) is 9.07. The molecule has 0 bridgehead atoms. The Hall–Kier alpha value is -1.51. The zero-order chi connectivity index (χ0) is 15.4. The Labute approximate surface area is 127 Å². The van der Waals surface area contributed by atoms with E-state index in [2.05, 4.69) is 13.0 Å². The monoisotopic (exact) mass is 290 g/mol. The van der Waals surface area contributed by atoms with Crippen LogP contribution in [0.2, 0.25) is 0 Å². The van der Waals surface area contributed by atoms with Crippen LogP contribution in [0.25, 0.3) is 0 Å². The van der Waals surface area contributed by atoms with Crippen LogP contribution in [0.5, 0.6) is 5.75 Å². The minimum absolute atomic E-state index is 0.349. The Kier molecular flexibility index (Phi) is 5.27. The quantitative estimate of drug-likeness (QED) is 0.881. The molecule has 0 aromatic heterocycles. The van der Waals surface area contributed by atoms with Gasteiger partial charge in [-0.1, -0.05) is 38.8 Å². The Morgan fingerprint density at radius 1 is 1.33 bits per heavy atom. The fraction of sp³-hybridized carbons (Fsp3) is 0.611. The summed E-state index contributed by atoms with van der Waals surface area (Å²) in [5.41, 5.74) is 2.36. The number of hydrogen-bond acceptors (Lipinski definition) is 2. The van der Waals surface area contributed by atoms with Crippen molar-refractivity contribution < 1.29 is 14.6 Å². The lowest BCUT2D eigenvalue weighted by Crippen LogP contribution is -2.14. The van der Waals surface area contributed by atoms with Gasteiger partial charge < -0.3 is 9.84 Å². The minimum Gasteiger partial charge on any atom is -0.496 e. The van der Waals surface area contributed by atoms with Gasteiger partial charge in [-0.05, 0) is 48.3 Å². The predicted octanol–water partition coefficient (Wildman–Crippen LogP) is 4.25. The Morgan fingerprint density at radius 3 is 2.57 bits per heavy atom. The van der Waals surface area contributed by atoms with Gasteiger partial charge in [-0.2, -0.15) is 0 Å². The number of benzene rings is 1.